The Morgan fingerprint density at radius 3 is 2.56 bits per heavy atom. The Hall–Kier alpha value is -3.10. The number of benzene rings is 1. The van der Waals surface area contributed by atoms with E-state index in [9.17, 15) is 19.2 Å². The van der Waals surface area contributed by atoms with Gasteiger partial charge in [0.25, 0.3) is 11.8 Å². The molecule has 3 N–H and O–H groups in total. The first-order valence-electron chi connectivity index (χ1n) is 8.52. The molecular weight excluding hydrogens is 354 g/mol. The van der Waals surface area contributed by atoms with E-state index in [0.29, 0.717) is 17.9 Å². The van der Waals surface area contributed by atoms with Gasteiger partial charge in [-0.25, -0.2) is 0 Å². The number of carbonyl (C=O) groups excluding carboxylic acids is 4. The van der Waals surface area contributed by atoms with E-state index in [1.54, 1.807) is 18.2 Å². The molecule has 1 aromatic rings. The van der Waals surface area contributed by atoms with E-state index in [2.05, 4.69) is 16.0 Å². The third-order valence-electron chi connectivity index (χ3n) is 3.41. The smallest absolute Gasteiger partial charge is 0.325 e. The molecule has 0 fully saturated rings. The van der Waals surface area contributed by atoms with Crippen LogP contribution in [0.3, 0.4) is 0 Å². The molecule has 0 unspecified atom stereocenters. The van der Waals surface area contributed by atoms with Crippen LogP contribution in [-0.4, -0.2) is 56.5 Å². The number of amides is 3. The summed E-state index contributed by atoms with van der Waals surface area (Å²) in [5.41, 5.74) is 0.326. The van der Waals surface area contributed by atoms with Crippen LogP contribution < -0.4 is 20.7 Å². The molecule has 0 spiro atoms. The van der Waals surface area contributed by atoms with Crippen LogP contribution in [0, 0.1) is 0 Å². The average Bonchev–Trinajstić information content (AvgIpc) is 2.68. The highest BCUT2D eigenvalue weighted by Crippen LogP contribution is 2.12. The molecule has 1 aromatic carbocycles. The highest BCUT2D eigenvalue weighted by Gasteiger charge is 2.16. The van der Waals surface area contributed by atoms with Gasteiger partial charge in [-0.2, -0.15) is 0 Å². The first-order chi connectivity index (χ1) is 12.9. The molecule has 1 atom stereocenters. The second kappa shape index (κ2) is 11.5. The van der Waals surface area contributed by atoms with Crippen molar-refractivity contribution < 1.29 is 28.7 Å². The molecule has 0 saturated carbocycles. The van der Waals surface area contributed by atoms with E-state index in [1.807, 2.05) is 6.92 Å². The maximum Gasteiger partial charge on any atom is 0.325 e. The molecule has 3 amide bonds. The van der Waals surface area contributed by atoms with E-state index in [1.165, 1.54) is 20.1 Å². The Bertz CT molecular complexity index is 677. The van der Waals surface area contributed by atoms with Gasteiger partial charge >= 0.3 is 5.97 Å². The fourth-order valence-electron chi connectivity index (χ4n) is 1.97. The lowest BCUT2D eigenvalue weighted by Gasteiger charge is -2.14. The van der Waals surface area contributed by atoms with Crippen molar-refractivity contribution >= 4 is 23.7 Å². The highest BCUT2D eigenvalue weighted by atomic mass is 16.5. The zero-order chi connectivity index (χ0) is 20.2. The standard InChI is InChI=1S/C18H25N3O6/c1-4-8-19-17(24)12(2)21-15(22)11-27-16(23)10-20-18(25)13-6-5-7-14(9-13)26-3/h5-7,9,12H,4,8,10-11H2,1-3H3,(H,19,24)(H,20,25)(H,21,22)/t12-/m0/s1. The molecule has 9 nitrogen and oxygen atoms in total. The van der Waals surface area contributed by atoms with Crippen LogP contribution in [0.2, 0.25) is 0 Å². The van der Waals surface area contributed by atoms with Crippen molar-refractivity contribution in [1.82, 2.24) is 16.0 Å². The summed E-state index contributed by atoms with van der Waals surface area (Å²) in [6.07, 6.45) is 0.783. The van der Waals surface area contributed by atoms with Crippen LogP contribution in [-0.2, 0) is 19.1 Å². The van der Waals surface area contributed by atoms with E-state index < -0.39 is 37.0 Å². The molecule has 0 aromatic heterocycles. The maximum absolute atomic E-state index is 12.0. The second-order valence-electron chi connectivity index (χ2n) is 5.66. The quantitative estimate of drug-likeness (QED) is 0.492. The van der Waals surface area contributed by atoms with Crippen LogP contribution in [0.4, 0.5) is 0 Å². The summed E-state index contributed by atoms with van der Waals surface area (Å²) in [5, 5.41) is 7.45. The lowest BCUT2D eigenvalue weighted by atomic mass is 10.2. The molecule has 0 bridgehead atoms. The minimum Gasteiger partial charge on any atom is -0.497 e. The molecule has 0 aliphatic heterocycles. The lowest BCUT2D eigenvalue weighted by molar-refractivity contribution is -0.147. The third kappa shape index (κ3) is 8.21. The Morgan fingerprint density at radius 2 is 1.89 bits per heavy atom. The normalized spacial score (nSPS) is 11.1. The lowest BCUT2D eigenvalue weighted by Crippen LogP contribution is -2.46. The molecule has 0 saturated heterocycles. The van der Waals surface area contributed by atoms with Gasteiger partial charge in [-0.3, -0.25) is 19.2 Å². The molecular formula is C18H25N3O6. The Labute approximate surface area is 157 Å². The summed E-state index contributed by atoms with van der Waals surface area (Å²) in [7, 11) is 1.48. The zero-order valence-corrected chi connectivity index (χ0v) is 15.7. The number of carbonyl (C=O) groups is 4. The number of esters is 1. The number of methoxy groups -OCH3 is 1. The van der Waals surface area contributed by atoms with Crippen molar-refractivity contribution in [3.05, 3.63) is 29.8 Å². The largest absolute Gasteiger partial charge is 0.497 e. The van der Waals surface area contributed by atoms with Crippen molar-refractivity contribution in [2.75, 3.05) is 26.8 Å². The van der Waals surface area contributed by atoms with Gasteiger partial charge in [0.2, 0.25) is 5.91 Å². The summed E-state index contributed by atoms with van der Waals surface area (Å²) in [4.78, 5) is 47.0. The first-order valence-corrected chi connectivity index (χ1v) is 8.52. The maximum atomic E-state index is 12.0. The van der Waals surface area contributed by atoms with Crippen molar-refractivity contribution in [1.29, 1.82) is 0 Å². The predicted molar refractivity (Wildman–Crippen MR) is 97.2 cm³/mol. The summed E-state index contributed by atoms with van der Waals surface area (Å²) in [5.74, 6) is -1.66. The van der Waals surface area contributed by atoms with Crippen LogP contribution in [0.15, 0.2) is 24.3 Å². The minimum absolute atomic E-state index is 0.318. The van der Waals surface area contributed by atoms with Crippen LogP contribution in [0.25, 0.3) is 0 Å². The van der Waals surface area contributed by atoms with Crippen molar-refractivity contribution in [3.8, 4) is 5.75 Å². The van der Waals surface area contributed by atoms with Crippen molar-refractivity contribution in [3.63, 3.8) is 0 Å². The number of hydrogen-bond donors (Lipinski definition) is 3. The van der Waals surface area contributed by atoms with E-state index >= 15 is 0 Å². The molecule has 1 rings (SSSR count). The minimum atomic E-state index is -0.774. The molecule has 0 aliphatic carbocycles. The van der Waals surface area contributed by atoms with Gasteiger partial charge in [0.1, 0.15) is 18.3 Å². The van der Waals surface area contributed by atoms with Crippen LogP contribution in [0.1, 0.15) is 30.6 Å². The topological polar surface area (TPSA) is 123 Å². The molecule has 0 heterocycles. The molecule has 148 valence electrons. The fourth-order valence-corrected chi connectivity index (χ4v) is 1.97. The molecule has 0 radical (unpaired) electrons. The fraction of sp³-hybridized carbons (Fsp3) is 0.444. The number of hydrogen-bond acceptors (Lipinski definition) is 6. The van der Waals surface area contributed by atoms with Gasteiger partial charge in [-0.15, -0.1) is 0 Å². The Morgan fingerprint density at radius 1 is 1.15 bits per heavy atom. The number of nitrogens with one attached hydrogen (secondary N) is 3. The van der Waals surface area contributed by atoms with E-state index in [-0.39, 0.29) is 5.91 Å². The monoisotopic (exact) mass is 379 g/mol. The van der Waals surface area contributed by atoms with Crippen molar-refractivity contribution in [2.24, 2.45) is 0 Å². The van der Waals surface area contributed by atoms with E-state index in [4.69, 9.17) is 9.47 Å². The molecule has 0 aliphatic rings. The van der Waals surface area contributed by atoms with Gasteiger partial charge in [0.05, 0.1) is 7.11 Å². The van der Waals surface area contributed by atoms with Crippen molar-refractivity contribution in [2.45, 2.75) is 26.3 Å². The number of ether oxygens (including phenoxy) is 2. The molecule has 9 heteroatoms. The Kier molecular flexibility index (Phi) is 9.35. The Balaban J connectivity index is 2.32. The zero-order valence-electron chi connectivity index (χ0n) is 15.7. The van der Waals surface area contributed by atoms with Gasteiger partial charge in [-0.05, 0) is 31.5 Å². The summed E-state index contributed by atoms with van der Waals surface area (Å²) < 4.78 is 9.80. The first kappa shape index (κ1) is 21.9. The van der Waals surface area contributed by atoms with Gasteiger partial charge in [-0.1, -0.05) is 13.0 Å². The van der Waals surface area contributed by atoms with Gasteiger partial charge in [0.15, 0.2) is 6.61 Å². The number of rotatable bonds is 10. The summed E-state index contributed by atoms with van der Waals surface area (Å²) in [6.45, 7) is 3.02. The van der Waals surface area contributed by atoms with Crippen LogP contribution >= 0.6 is 0 Å². The van der Waals surface area contributed by atoms with Crippen LogP contribution in [0.5, 0.6) is 5.75 Å². The third-order valence-corrected chi connectivity index (χ3v) is 3.41. The average molecular weight is 379 g/mol. The predicted octanol–water partition coefficient (Wildman–Crippen LogP) is -0.000900. The summed E-state index contributed by atoms with van der Waals surface area (Å²) >= 11 is 0. The SMILES string of the molecule is CCCNC(=O)[C@H](C)NC(=O)COC(=O)CNC(=O)c1cccc(OC)c1. The second-order valence-corrected chi connectivity index (χ2v) is 5.66. The molecule has 27 heavy (non-hydrogen) atoms. The van der Waals surface area contributed by atoms with E-state index in [0.717, 1.165) is 6.42 Å². The highest BCUT2D eigenvalue weighted by molar-refractivity contribution is 5.96. The van der Waals surface area contributed by atoms with Gasteiger partial charge in [0, 0.05) is 12.1 Å². The summed E-state index contributed by atoms with van der Waals surface area (Å²) in [6, 6.07) is 5.69. The van der Waals surface area contributed by atoms with Gasteiger partial charge < -0.3 is 25.4 Å².